The van der Waals surface area contributed by atoms with Crippen molar-refractivity contribution in [2.45, 2.75) is 20.7 Å². The van der Waals surface area contributed by atoms with Crippen molar-refractivity contribution in [2.75, 3.05) is 0 Å². The van der Waals surface area contributed by atoms with Crippen LogP contribution in [0.4, 0.5) is 0 Å². The van der Waals surface area contributed by atoms with Crippen molar-refractivity contribution in [1.82, 2.24) is 9.13 Å². The highest BCUT2D eigenvalue weighted by atomic mass is 16.5. The number of aromatic nitrogens is 2. The minimum atomic E-state index is 0.0570. The lowest BCUT2D eigenvalue weighted by molar-refractivity contribution is 0.464. The predicted octanol–water partition coefficient (Wildman–Crippen LogP) is 7.78. The van der Waals surface area contributed by atoms with E-state index in [1.807, 2.05) is 0 Å². The van der Waals surface area contributed by atoms with Crippen molar-refractivity contribution in [2.24, 2.45) is 0 Å². The lowest BCUT2D eigenvalue weighted by atomic mass is 9.34. The summed E-state index contributed by atoms with van der Waals surface area (Å²) in [5.41, 5.74) is 16.0. The summed E-state index contributed by atoms with van der Waals surface area (Å²) < 4.78 is 18.7. The van der Waals surface area contributed by atoms with E-state index in [4.69, 9.17) is 9.47 Å². The van der Waals surface area contributed by atoms with Crippen LogP contribution in [0.5, 0.6) is 23.0 Å². The number of ether oxygens (including phenoxy) is 2. The van der Waals surface area contributed by atoms with E-state index in [1.54, 1.807) is 0 Å². The van der Waals surface area contributed by atoms with Crippen LogP contribution in [-0.4, -0.2) is 22.6 Å². The minimum Gasteiger partial charge on any atom is -0.458 e. The molecule has 0 spiro atoms. The summed E-state index contributed by atoms with van der Waals surface area (Å²) in [6, 6.07) is 46.5. The molecule has 9 aromatic rings. The van der Waals surface area contributed by atoms with Crippen LogP contribution in [0.1, 0.15) is 11.1 Å². The van der Waals surface area contributed by atoms with E-state index >= 15 is 0 Å². The average molecular weight is 652 g/mol. The fourth-order valence-electron chi connectivity index (χ4n) is 9.71. The Morgan fingerprint density at radius 3 is 1.86 bits per heavy atom. The van der Waals surface area contributed by atoms with Crippen LogP contribution in [0.15, 0.2) is 127 Å². The summed E-state index contributed by atoms with van der Waals surface area (Å²) in [5, 5.41) is 5.15. The highest BCUT2D eigenvalue weighted by Gasteiger charge is 2.41. The first kappa shape index (κ1) is 27.7. The smallest absolute Gasteiger partial charge is 0.256 e. The monoisotopic (exact) mass is 652 g/mol. The molecule has 0 N–H and O–H groups in total. The van der Waals surface area contributed by atoms with E-state index in [2.05, 4.69) is 157 Å². The number of hydrogen-bond donors (Lipinski definition) is 0. The quantitative estimate of drug-likeness (QED) is 0.179. The summed E-state index contributed by atoms with van der Waals surface area (Å²) in [4.78, 5) is 0. The SMILES string of the molecule is CB1c2c(Oc3ccc4c(c3)Oc3cc(C)cc5c3B4c3cccc4c6ccccc6n-5c34)cc(C)cc2-n2c3ccccc3c3cccc1c32. The van der Waals surface area contributed by atoms with Gasteiger partial charge >= 0.3 is 0 Å². The third kappa shape index (κ3) is 3.47. The number of nitrogens with zero attached hydrogens (tertiary/aromatic N) is 2. The zero-order chi connectivity index (χ0) is 33.7. The molecule has 0 amide bonds. The molecule has 0 fully saturated rings. The van der Waals surface area contributed by atoms with Gasteiger partial charge in [0.2, 0.25) is 6.71 Å². The standard InChI is InChI=1S/C45H30B2N2O2/c1-25-20-37-42(46(3)33-14-8-12-30-28-10-4-6-16-35(28)48(37)44(30)33)40(22-25)50-27-18-19-32-39(24-27)51-41-23-26(2)21-38-43(41)47(32)34-15-9-13-31-29-11-5-7-17-36(29)49(38)45(31)34/h4-24H,1-3H3. The number of hydrogen-bond acceptors (Lipinski definition) is 2. The number of aryl methyl sites for hydroxylation is 2. The third-order valence-electron chi connectivity index (χ3n) is 11.7. The van der Waals surface area contributed by atoms with Gasteiger partial charge in [0.05, 0.1) is 11.0 Å². The molecule has 4 nitrogen and oxygen atoms in total. The number of fused-ring (bicyclic) bond motifs is 12. The van der Waals surface area contributed by atoms with E-state index in [1.165, 1.54) is 87.9 Å². The maximum absolute atomic E-state index is 6.97. The molecule has 3 aliphatic rings. The van der Waals surface area contributed by atoms with Gasteiger partial charge in [-0.05, 0) is 94.8 Å². The van der Waals surface area contributed by atoms with Gasteiger partial charge in [-0.1, -0.05) is 85.7 Å². The van der Waals surface area contributed by atoms with Crippen LogP contribution in [0.2, 0.25) is 6.82 Å². The molecule has 7 aromatic carbocycles. The first-order valence-electron chi connectivity index (χ1n) is 17.9. The maximum atomic E-state index is 6.97. The Labute approximate surface area is 295 Å². The summed E-state index contributed by atoms with van der Waals surface area (Å²) in [5.74, 6) is 3.43. The molecule has 0 atom stereocenters. The second kappa shape index (κ2) is 9.55. The Bertz CT molecular complexity index is 3040. The second-order valence-electron chi connectivity index (χ2n) is 14.6. The van der Waals surface area contributed by atoms with E-state index < -0.39 is 0 Å². The van der Waals surface area contributed by atoms with Gasteiger partial charge in [0.1, 0.15) is 23.0 Å². The summed E-state index contributed by atoms with van der Waals surface area (Å²) in [7, 11) is 0. The largest absolute Gasteiger partial charge is 0.458 e. The van der Waals surface area contributed by atoms with Crippen LogP contribution in [-0.2, 0) is 0 Å². The van der Waals surface area contributed by atoms with Gasteiger partial charge in [-0.15, -0.1) is 0 Å². The van der Waals surface area contributed by atoms with Crippen molar-refractivity contribution in [3.8, 4) is 34.4 Å². The van der Waals surface area contributed by atoms with Gasteiger partial charge in [0.25, 0.3) is 6.71 Å². The zero-order valence-corrected chi connectivity index (χ0v) is 28.5. The maximum Gasteiger partial charge on any atom is 0.256 e. The summed E-state index contributed by atoms with van der Waals surface area (Å²) >= 11 is 0. The minimum absolute atomic E-state index is 0.0570. The Morgan fingerprint density at radius 1 is 0.529 bits per heavy atom. The molecular weight excluding hydrogens is 622 g/mol. The molecule has 238 valence electrons. The van der Waals surface area contributed by atoms with Gasteiger partial charge in [0.15, 0.2) is 0 Å². The van der Waals surface area contributed by atoms with Crippen molar-refractivity contribution < 1.29 is 9.47 Å². The van der Waals surface area contributed by atoms with Gasteiger partial charge < -0.3 is 18.6 Å². The fourth-order valence-corrected chi connectivity index (χ4v) is 9.71. The molecule has 6 heteroatoms. The van der Waals surface area contributed by atoms with Gasteiger partial charge in [-0.3, -0.25) is 0 Å². The van der Waals surface area contributed by atoms with Crippen molar-refractivity contribution in [3.05, 3.63) is 139 Å². The molecule has 0 saturated heterocycles. The molecule has 3 aliphatic heterocycles. The van der Waals surface area contributed by atoms with E-state index in [0.717, 1.165) is 28.6 Å². The van der Waals surface area contributed by atoms with E-state index in [9.17, 15) is 0 Å². The molecule has 5 heterocycles. The molecule has 0 aliphatic carbocycles. The van der Waals surface area contributed by atoms with E-state index in [0.29, 0.717) is 0 Å². The fraction of sp³-hybridized carbons (Fsp3) is 0.0667. The molecule has 2 aromatic heterocycles. The van der Waals surface area contributed by atoms with Gasteiger partial charge in [-0.25, -0.2) is 0 Å². The van der Waals surface area contributed by atoms with Crippen LogP contribution in [0.3, 0.4) is 0 Å². The number of rotatable bonds is 2. The average Bonchev–Trinajstić information content (AvgIpc) is 3.66. The Kier molecular flexibility index (Phi) is 5.18. The van der Waals surface area contributed by atoms with Gasteiger partial charge in [-0.2, -0.15) is 0 Å². The Hall–Kier alpha value is -6.13. The number of para-hydroxylation sites is 4. The summed E-state index contributed by atoms with van der Waals surface area (Å²) in [6.07, 6.45) is 0. The lowest BCUT2D eigenvalue weighted by Crippen LogP contribution is -2.58. The molecule has 12 rings (SSSR count). The molecular formula is C45H30B2N2O2. The molecule has 51 heavy (non-hydrogen) atoms. The van der Waals surface area contributed by atoms with Gasteiger partial charge in [0, 0.05) is 50.0 Å². The van der Waals surface area contributed by atoms with Crippen LogP contribution >= 0.6 is 0 Å². The zero-order valence-electron chi connectivity index (χ0n) is 28.5. The highest BCUT2D eigenvalue weighted by Crippen LogP contribution is 2.40. The third-order valence-corrected chi connectivity index (χ3v) is 11.7. The Morgan fingerprint density at radius 2 is 1.14 bits per heavy atom. The van der Waals surface area contributed by atoms with Crippen molar-refractivity contribution >= 4 is 84.4 Å². The lowest BCUT2D eigenvalue weighted by Gasteiger charge is -2.33. The topological polar surface area (TPSA) is 28.3 Å². The highest BCUT2D eigenvalue weighted by molar-refractivity contribution is 6.99. The second-order valence-corrected chi connectivity index (χ2v) is 14.6. The van der Waals surface area contributed by atoms with Crippen LogP contribution in [0, 0.1) is 13.8 Å². The normalized spacial score (nSPS) is 13.5. The van der Waals surface area contributed by atoms with Crippen molar-refractivity contribution in [3.63, 3.8) is 0 Å². The van der Waals surface area contributed by atoms with Crippen LogP contribution in [0.25, 0.3) is 55.0 Å². The molecule has 0 unspecified atom stereocenters. The summed E-state index contributed by atoms with van der Waals surface area (Å²) in [6.45, 7) is 6.86. The number of benzene rings is 7. The Balaban J connectivity index is 1.03. The predicted molar refractivity (Wildman–Crippen MR) is 213 cm³/mol. The van der Waals surface area contributed by atoms with Crippen LogP contribution < -0.4 is 36.8 Å². The van der Waals surface area contributed by atoms with Crippen molar-refractivity contribution in [1.29, 1.82) is 0 Å². The first-order chi connectivity index (χ1) is 25.0. The molecule has 0 bridgehead atoms. The first-order valence-corrected chi connectivity index (χ1v) is 17.9. The molecule has 0 saturated carbocycles. The molecule has 0 radical (unpaired) electrons. The van der Waals surface area contributed by atoms with E-state index in [-0.39, 0.29) is 13.4 Å².